The van der Waals surface area contributed by atoms with Gasteiger partial charge in [-0.15, -0.1) is 0 Å². The van der Waals surface area contributed by atoms with Gasteiger partial charge >= 0.3 is 0 Å². The molecule has 0 aliphatic carbocycles. The maximum Gasteiger partial charge on any atom is 0.126 e. The number of rotatable bonds is 1. The molecule has 0 saturated carbocycles. The molecule has 2 aliphatic rings. The Morgan fingerprint density at radius 2 is 2.09 bits per heavy atom. The van der Waals surface area contributed by atoms with Crippen LogP contribution in [0, 0.1) is 6.10 Å². The highest BCUT2D eigenvalue weighted by atomic mass is 16.5. The van der Waals surface area contributed by atoms with Crippen LogP contribution in [0.5, 0.6) is 0 Å². The molecule has 0 aromatic carbocycles. The zero-order chi connectivity index (χ0) is 7.52. The standard InChI is InChI=1S/C9H15O2/c1-2-6-10-8(4-1)9-5-3-7-11-9/h8H,1-7H2. The molecule has 2 aliphatic heterocycles. The molecule has 11 heavy (non-hydrogen) atoms. The third-order valence-electron chi connectivity index (χ3n) is 2.39. The van der Waals surface area contributed by atoms with Crippen LogP contribution >= 0.6 is 0 Å². The first kappa shape index (κ1) is 7.56. The molecule has 0 N–H and O–H groups in total. The lowest BCUT2D eigenvalue weighted by Crippen LogP contribution is -2.25. The first-order chi connectivity index (χ1) is 5.47. The van der Waals surface area contributed by atoms with Gasteiger partial charge in [-0.1, -0.05) is 0 Å². The van der Waals surface area contributed by atoms with Gasteiger partial charge in [0.25, 0.3) is 0 Å². The van der Waals surface area contributed by atoms with Crippen molar-refractivity contribution < 1.29 is 9.47 Å². The highest BCUT2D eigenvalue weighted by Crippen LogP contribution is 2.30. The summed E-state index contributed by atoms with van der Waals surface area (Å²) in [6.07, 6.45) is 7.58. The van der Waals surface area contributed by atoms with E-state index in [-0.39, 0.29) is 0 Å². The zero-order valence-corrected chi connectivity index (χ0v) is 6.84. The summed E-state index contributed by atoms with van der Waals surface area (Å²) in [6.45, 7) is 1.84. The molecule has 0 bridgehead atoms. The molecule has 2 fully saturated rings. The Morgan fingerprint density at radius 3 is 2.73 bits per heavy atom. The second kappa shape index (κ2) is 3.55. The second-order valence-corrected chi connectivity index (χ2v) is 3.27. The Bertz CT molecular complexity index is 113. The van der Waals surface area contributed by atoms with E-state index < -0.39 is 0 Å². The van der Waals surface area contributed by atoms with Crippen molar-refractivity contribution in [3.05, 3.63) is 6.10 Å². The van der Waals surface area contributed by atoms with Gasteiger partial charge in [-0.2, -0.15) is 0 Å². The number of ether oxygens (including phenoxy) is 2. The molecular weight excluding hydrogens is 140 g/mol. The number of hydrogen-bond donors (Lipinski definition) is 0. The predicted octanol–water partition coefficient (Wildman–Crippen LogP) is 1.90. The minimum atomic E-state index is 0.339. The summed E-state index contributed by atoms with van der Waals surface area (Å²) in [4.78, 5) is 0. The summed E-state index contributed by atoms with van der Waals surface area (Å²) in [5, 5.41) is 0. The average Bonchev–Trinajstić information content (AvgIpc) is 2.58. The molecule has 2 heteroatoms. The van der Waals surface area contributed by atoms with Crippen LogP contribution in [0.2, 0.25) is 0 Å². The van der Waals surface area contributed by atoms with Crippen molar-refractivity contribution in [1.29, 1.82) is 0 Å². The molecule has 0 amide bonds. The Kier molecular flexibility index (Phi) is 2.44. The molecule has 2 nitrogen and oxygen atoms in total. The first-order valence-corrected chi connectivity index (χ1v) is 4.57. The van der Waals surface area contributed by atoms with Crippen molar-refractivity contribution in [3.63, 3.8) is 0 Å². The smallest absolute Gasteiger partial charge is 0.126 e. The molecular formula is C9H15O2. The van der Waals surface area contributed by atoms with Crippen molar-refractivity contribution in [3.8, 4) is 0 Å². The molecule has 63 valence electrons. The Labute approximate surface area is 67.9 Å². The molecule has 2 saturated heterocycles. The van der Waals surface area contributed by atoms with E-state index in [4.69, 9.17) is 9.47 Å². The monoisotopic (exact) mass is 155 g/mol. The van der Waals surface area contributed by atoms with Crippen molar-refractivity contribution in [2.45, 2.75) is 38.2 Å². The lowest BCUT2D eigenvalue weighted by Gasteiger charge is -2.26. The normalized spacial score (nSPS) is 34.4. The van der Waals surface area contributed by atoms with Crippen LogP contribution in [0.15, 0.2) is 0 Å². The second-order valence-electron chi connectivity index (χ2n) is 3.27. The van der Waals surface area contributed by atoms with Gasteiger partial charge in [-0.3, -0.25) is 0 Å². The van der Waals surface area contributed by atoms with E-state index in [1.54, 1.807) is 0 Å². The molecule has 0 spiro atoms. The van der Waals surface area contributed by atoms with Crippen molar-refractivity contribution in [2.75, 3.05) is 13.2 Å². The third-order valence-corrected chi connectivity index (χ3v) is 2.39. The topological polar surface area (TPSA) is 18.5 Å². The summed E-state index contributed by atoms with van der Waals surface area (Å²) in [5.41, 5.74) is 0. The molecule has 2 rings (SSSR count). The van der Waals surface area contributed by atoms with E-state index in [9.17, 15) is 0 Å². The summed E-state index contributed by atoms with van der Waals surface area (Å²) < 4.78 is 11.1. The largest absolute Gasteiger partial charge is 0.375 e. The summed E-state index contributed by atoms with van der Waals surface area (Å²) >= 11 is 0. The molecule has 0 aromatic rings. The van der Waals surface area contributed by atoms with Gasteiger partial charge in [-0.25, -0.2) is 0 Å². The van der Waals surface area contributed by atoms with Gasteiger partial charge in [0.05, 0.1) is 6.10 Å². The van der Waals surface area contributed by atoms with Gasteiger partial charge in [0.2, 0.25) is 0 Å². The molecule has 0 aromatic heterocycles. The molecule has 1 radical (unpaired) electrons. The summed E-state index contributed by atoms with van der Waals surface area (Å²) in [7, 11) is 0. The Morgan fingerprint density at radius 1 is 1.09 bits per heavy atom. The van der Waals surface area contributed by atoms with Crippen LogP contribution in [-0.2, 0) is 9.47 Å². The summed E-state index contributed by atoms with van der Waals surface area (Å²) in [5.74, 6) is 0. The van der Waals surface area contributed by atoms with Crippen LogP contribution in [0.25, 0.3) is 0 Å². The SMILES string of the molecule is C1CCC([C]2CCCO2)OC1. The maximum absolute atomic E-state index is 5.60. The van der Waals surface area contributed by atoms with E-state index in [0.717, 1.165) is 19.6 Å². The van der Waals surface area contributed by atoms with Crippen molar-refractivity contribution >= 4 is 0 Å². The van der Waals surface area contributed by atoms with Crippen LogP contribution in [-0.4, -0.2) is 19.3 Å². The van der Waals surface area contributed by atoms with E-state index in [1.807, 2.05) is 0 Å². The molecule has 1 unspecified atom stereocenters. The highest BCUT2D eigenvalue weighted by Gasteiger charge is 2.28. The molecule has 2 heterocycles. The Hall–Kier alpha value is -0.0800. The van der Waals surface area contributed by atoms with Gasteiger partial charge in [0.15, 0.2) is 0 Å². The number of hydrogen-bond acceptors (Lipinski definition) is 2. The third kappa shape index (κ3) is 1.74. The van der Waals surface area contributed by atoms with Crippen LogP contribution in [0.3, 0.4) is 0 Å². The van der Waals surface area contributed by atoms with E-state index >= 15 is 0 Å². The van der Waals surface area contributed by atoms with E-state index in [1.165, 1.54) is 31.8 Å². The fourth-order valence-corrected chi connectivity index (χ4v) is 1.77. The first-order valence-electron chi connectivity index (χ1n) is 4.57. The van der Waals surface area contributed by atoms with Crippen LogP contribution in [0.1, 0.15) is 32.1 Å². The van der Waals surface area contributed by atoms with E-state index in [2.05, 4.69) is 0 Å². The van der Waals surface area contributed by atoms with Crippen LogP contribution in [0.4, 0.5) is 0 Å². The minimum Gasteiger partial charge on any atom is -0.375 e. The van der Waals surface area contributed by atoms with Crippen LogP contribution < -0.4 is 0 Å². The fraction of sp³-hybridized carbons (Fsp3) is 0.889. The van der Waals surface area contributed by atoms with Crippen molar-refractivity contribution in [1.82, 2.24) is 0 Å². The fourth-order valence-electron chi connectivity index (χ4n) is 1.77. The quantitative estimate of drug-likeness (QED) is 0.575. The predicted molar refractivity (Wildman–Crippen MR) is 42.0 cm³/mol. The average molecular weight is 155 g/mol. The lowest BCUT2D eigenvalue weighted by atomic mass is 10.0. The maximum atomic E-state index is 5.60. The summed E-state index contributed by atoms with van der Waals surface area (Å²) in [6, 6.07) is 0. The van der Waals surface area contributed by atoms with Crippen molar-refractivity contribution in [2.24, 2.45) is 0 Å². The van der Waals surface area contributed by atoms with Gasteiger partial charge < -0.3 is 9.47 Å². The Balaban J connectivity index is 1.82. The molecule has 1 atom stereocenters. The highest BCUT2D eigenvalue weighted by molar-refractivity contribution is 4.93. The zero-order valence-electron chi connectivity index (χ0n) is 6.84. The van der Waals surface area contributed by atoms with E-state index in [0.29, 0.717) is 6.10 Å². The van der Waals surface area contributed by atoms with Gasteiger partial charge in [0, 0.05) is 13.2 Å². The van der Waals surface area contributed by atoms with Gasteiger partial charge in [0.1, 0.15) is 6.10 Å². The minimum absolute atomic E-state index is 0.339. The lowest BCUT2D eigenvalue weighted by molar-refractivity contribution is -0.0221. The van der Waals surface area contributed by atoms with Gasteiger partial charge in [-0.05, 0) is 32.1 Å².